The van der Waals surface area contributed by atoms with Crippen molar-refractivity contribution in [1.82, 2.24) is 5.32 Å². The molecular formula is C23H26ClNO5. The second kappa shape index (κ2) is 9.04. The Morgan fingerprint density at radius 3 is 2.50 bits per heavy atom. The number of nitrogens with one attached hydrogen (secondary N) is 1. The van der Waals surface area contributed by atoms with Gasteiger partial charge in [0.1, 0.15) is 5.92 Å². The Balaban J connectivity index is 2.15. The molecule has 7 heteroatoms. The predicted octanol–water partition coefficient (Wildman–Crippen LogP) is 3.91. The number of rotatable bonds is 5. The highest BCUT2D eigenvalue weighted by Crippen LogP contribution is 2.45. The van der Waals surface area contributed by atoms with E-state index in [4.69, 9.17) is 21.1 Å². The average molecular weight is 432 g/mol. The van der Waals surface area contributed by atoms with Gasteiger partial charge in [-0.2, -0.15) is 0 Å². The van der Waals surface area contributed by atoms with Crippen molar-refractivity contribution in [3.63, 3.8) is 0 Å². The van der Waals surface area contributed by atoms with Crippen LogP contribution in [0.4, 0.5) is 0 Å². The topological polar surface area (TPSA) is 81.7 Å². The molecule has 0 radical (unpaired) electrons. The summed E-state index contributed by atoms with van der Waals surface area (Å²) in [5.41, 5.74) is 2.90. The lowest BCUT2D eigenvalue weighted by molar-refractivity contribution is -0.151. The first kappa shape index (κ1) is 22.1. The lowest BCUT2D eigenvalue weighted by Gasteiger charge is -2.38. The Hall–Kier alpha value is -2.60. The first-order valence-corrected chi connectivity index (χ1v) is 10.4. The minimum Gasteiger partial charge on any atom is -0.468 e. The van der Waals surface area contributed by atoms with E-state index in [2.05, 4.69) is 5.32 Å². The zero-order valence-corrected chi connectivity index (χ0v) is 18.3. The van der Waals surface area contributed by atoms with Crippen LogP contribution in [-0.4, -0.2) is 31.4 Å². The number of halogens is 1. The molecule has 1 heterocycles. The van der Waals surface area contributed by atoms with Crippen LogP contribution in [0, 0.1) is 11.8 Å². The molecule has 3 atom stereocenters. The van der Waals surface area contributed by atoms with E-state index in [9.17, 15) is 14.4 Å². The number of esters is 2. The van der Waals surface area contributed by atoms with E-state index in [1.165, 1.54) is 7.11 Å². The summed E-state index contributed by atoms with van der Waals surface area (Å²) in [5, 5.41) is 3.78. The summed E-state index contributed by atoms with van der Waals surface area (Å²) in [6.45, 7) is 5.85. The number of ketones is 1. The molecule has 3 rings (SSSR count). The third-order valence-corrected chi connectivity index (χ3v) is 5.86. The number of hydrogen-bond acceptors (Lipinski definition) is 6. The van der Waals surface area contributed by atoms with Crippen molar-refractivity contribution >= 4 is 29.3 Å². The smallest absolute Gasteiger partial charge is 0.336 e. The number of benzene rings is 1. The summed E-state index contributed by atoms with van der Waals surface area (Å²) in [4.78, 5) is 38.8. The van der Waals surface area contributed by atoms with Gasteiger partial charge in [-0.3, -0.25) is 9.59 Å². The van der Waals surface area contributed by atoms with Gasteiger partial charge in [-0.25, -0.2) is 4.79 Å². The number of Topliss-reactive ketones (excluding diaryl/α,β-unsaturated/α-hetero) is 1. The van der Waals surface area contributed by atoms with Crippen LogP contribution >= 0.6 is 11.6 Å². The minimum atomic E-state index is -0.906. The Morgan fingerprint density at radius 2 is 1.90 bits per heavy atom. The number of allylic oxidation sites excluding steroid dienone is 3. The molecule has 30 heavy (non-hydrogen) atoms. The van der Waals surface area contributed by atoms with E-state index in [1.54, 1.807) is 31.2 Å². The van der Waals surface area contributed by atoms with Gasteiger partial charge in [0.25, 0.3) is 0 Å². The van der Waals surface area contributed by atoms with Gasteiger partial charge in [-0.05, 0) is 43.4 Å². The largest absolute Gasteiger partial charge is 0.468 e. The number of carbonyl (C=O) groups is 3. The van der Waals surface area contributed by atoms with Gasteiger partial charge in [0.2, 0.25) is 0 Å². The van der Waals surface area contributed by atoms with Gasteiger partial charge in [0, 0.05) is 27.9 Å². The summed E-state index contributed by atoms with van der Waals surface area (Å²) in [6.07, 6.45) is 1.19. The van der Waals surface area contributed by atoms with Crippen LogP contribution in [-0.2, 0) is 23.9 Å². The SMILES string of the molecule is CCCOC(=O)C1=C(C)NC2=C(C(=O)C(C(=O)OC)C(C)C2)C1c1ccc(Cl)cc1. The molecule has 0 fully saturated rings. The molecule has 2 aliphatic rings. The van der Waals surface area contributed by atoms with Gasteiger partial charge in [-0.15, -0.1) is 0 Å². The average Bonchev–Trinajstić information content (AvgIpc) is 2.71. The summed E-state index contributed by atoms with van der Waals surface area (Å²) >= 11 is 6.06. The number of dihydropyridines is 1. The van der Waals surface area contributed by atoms with E-state index in [-0.39, 0.29) is 18.3 Å². The Morgan fingerprint density at radius 1 is 1.23 bits per heavy atom. The number of ether oxygens (including phenoxy) is 2. The highest BCUT2D eigenvalue weighted by atomic mass is 35.5. The van der Waals surface area contributed by atoms with Gasteiger partial charge in [-0.1, -0.05) is 37.6 Å². The molecule has 0 bridgehead atoms. The van der Waals surface area contributed by atoms with Crippen molar-refractivity contribution in [2.24, 2.45) is 11.8 Å². The van der Waals surface area contributed by atoms with E-state index >= 15 is 0 Å². The van der Waals surface area contributed by atoms with Gasteiger partial charge >= 0.3 is 11.9 Å². The van der Waals surface area contributed by atoms with E-state index in [0.29, 0.717) is 34.7 Å². The monoisotopic (exact) mass is 431 g/mol. The second-order valence-corrected chi connectivity index (χ2v) is 8.16. The Labute approximate surface area is 181 Å². The van der Waals surface area contributed by atoms with Crippen LogP contribution in [0.15, 0.2) is 46.8 Å². The summed E-state index contributed by atoms with van der Waals surface area (Å²) in [5.74, 6) is -3.13. The van der Waals surface area contributed by atoms with Crippen molar-refractivity contribution in [2.45, 2.75) is 39.5 Å². The molecule has 1 aromatic carbocycles. The highest BCUT2D eigenvalue weighted by Gasteiger charge is 2.47. The first-order chi connectivity index (χ1) is 14.3. The minimum absolute atomic E-state index is 0.219. The number of carbonyl (C=O) groups excluding carboxylic acids is 3. The normalized spacial score (nSPS) is 23.6. The van der Waals surface area contributed by atoms with Crippen LogP contribution in [0.2, 0.25) is 5.02 Å². The Kier molecular flexibility index (Phi) is 6.66. The quantitative estimate of drug-likeness (QED) is 0.562. The van der Waals surface area contributed by atoms with Crippen molar-refractivity contribution in [1.29, 1.82) is 0 Å². The van der Waals surface area contributed by atoms with Crippen molar-refractivity contribution in [3.05, 3.63) is 57.4 Å². The molecule has 0 spiro atoms. The van der Waals surface area contributed by atoms with Gasteiger partial charge in [0.15, 0.2) is 5.78 Å². The zero-order chi connectivity index (χ0) is 22.0. The molecule has 1 aliphatic carbocycles. The van der Waals surface area contributed by atoms with Crippen LogP contribution in [0.3, 0.4) is 0 Å². The first-order valence-electron chi connectivity index (χ1n) is 10.1. The maximum atomic E-state index is 13.5. The fraction of sp³-hybridized carbons (Fsp3) is 0.435. The third kappa shape index (κ3) is 4.01. The number of methoxy groups -OCH3 is 1. The summed E-state index contributed by atoms with van der Waals surface area (Å²) in [7, 11) is 1.28. The van der Waals surface area contributed by atoms with Crippen molar-refractivity contribution < 1.29 is 23.9 Å². The van der Waals surface area contributed by atoms with Crippen LogP contribution in [0.25, 0.3) is 0 Å². The van der Waals surface area contributed by atoms with Crippen LogP contribution < -0.4 is 5.32 Å². The molecule has 1 aromatic rings. The van der Waals surface area contributed by atoms with Gasteiger partial charge in [0.05, 0.1) is 19.3 Å². The molecule has 1 N–H and O–H groups in total. The fourth-order valence-electron chi connectivity index (χ4n) is 4.21. The van der Waals surface area contributed by atoms with Crippen molar-refractivity contribution in [2.75, 3.05) is 13.7 Å². The molecule has 0 amide bonds. The summed E-state index contributed by atoms with van der Waals surface area (Å²) < 4.78 is 10.3. The maximum absolute atomic E-state index is 13.5. The molecule has 0 saturated heterocycles. The fourth-order valence-corrected chi connectivity index (χ4v) is 4.34. The van der Waals surface area contributed by atoms with Crippen LogP contribution in [0.1, 0.15) is 45.1 Å². The predicted molar refractivity (Wildman–Crippen MR) is 113 cm³/mol. The molecule has 1 aliphatic heterocycles. The molecule has 160 valence electrons. The molecule has 3 unspecified atom stereocenters. The van der Waals surface area contributed by atoms with Crippen molar-refractivity contribution in [3.8, 4) is 0 Å². The summed E-state index contributed by atoms with van der Waals surface area (Å²) in [6, 6.07) is 7.03. The van der Waals surface area contributed by atoms with E-state index < -0.39 is 23.8 Å². The van der Waals surface area contributed by atoms with Gasteiger partial charge < -0.3 is 14.8 Å². The van der Waals surface area contributed by atoms with E-state index in [1.807, 2.05) is 13.8 Å². The molecule has 6 nitrogen and oxygen atoms in total. The van der Waals surface area contributed by atoms with E-state index in [0.717, 1.165) is 11.3 Å². The highest BCUT2D eigenvalue weighted by molar-refractivity contribution is 6.30. The second-order valence-electron chi connectivity index (χ2n) is 7.72. The molecular weight excluding hydrogens is 406 g/mol. The maximum Gasteiger partial charge on any atom is 0.336 e. The van der Waals surface area contributed by atoms with Crippen LogP contribution in [0.5, 0.6) is 0 Å². The molecule has 0 saturated carbocycles. The lowest BCUT2D eigenvalue weighted by Crippen LogP contribution is -2.43. The standard InChI is InChI=1S/C23H26ClNO5/c1-5-10-30-23(28)18-13(3)25-16-11-12(2)17(22(27)29-4)21(26)20(16)19(18)14-6-8-15(24)9-7-14/h6-9,12,17,19,25H,5,10-11H2,1-4H3. The molecule has 0 aromatic heterocycles. The number of hydrogen-bond donors (Lipinski definition) is 1. The zero-order valence-electron chi connectivity index (χ0n) is 17.6. The Bertz CT molecular complexity index is 931. The lowest BCUT2D eigenvalue weighted by atomic mass is 9.69. The third-order valence-electron chi connectivity index (χ3n) is 5.60.